The molecule has 0 unspecified atom stereocenters. The first-order chi connectivity index (χ1) is 9.38. The van der Waals surface area contributed by atoms with Crippen LogP contribution in [0.4, 0.5) is 10.1 Å². The second-order valence-electron chi connectivity index (χ2n) is 4.21. The number of anilines is 1. The van der Waals surface area contributed by atoms with Crippen molar-refractivity contribution >= 4 is 27.1 Å². The minimum atomic E-state index is -3.37. The van der Waals surface area contributed by atoms with E-state index < -0.39 is 15.8 Å². The van der Waals surface area contributed by atoms with Gasteiger partial charge >= 0.3 is 0 Å². The van der Waals surface area contributed by atoms with Gasteiger partial charge in [-0.25, -0.2) is 13.4 Å². The summed E-state index contributed by atoms with van der Waals surface area (Å²) in [6.45, 7) is 0.204. The molecule has 1 aromatic carbocycles. The van der Waals surface area contributed by atoms with Crippen LogP contribution in [0.25, 0.3) is 0 Å². The third kappa shape index (κ3) is 3.46. The number of nitrogens with one attached hydrogen (secondary N) is 1. The highest BCUT2D eigenvalue weighted by Gasteiger charge is 2.15. The number of rotatable bonds is 4. The molecule has 0 atom stereocenters. The molecule has 0 bridgehead atoms. The minimum absolute atomic E-state index is 0.174. The maximum absolute atomic E-state index is 12.7. The number of sulfone groups is 1. The van der Waals surface area contributed by atoms with Gasteiger partial charge in [0.2, 0.25) is 5.95 Å². The van der Waals surface area contributed by atoms with Crippen LogP contribution in [0.2, 0.25) is 5.02 Å². The van der Waals surface area contributed by atoms with Gasteiger partial charge in [0.1, 0.15) is 0 Å². The fourth-order valence-corrected chi connectivity index (χ4v) is 2.98. The summed E-state index contributed by atoms with van der Waals surface area (Å²) in [5, 5.41) is 3.32. The molecular formula is C13H12ClFN2O2S. The first-order valence-electron chi connectivity index (χ1n) is 5.71. The van der Waals surface area contributed by atoms with Crippen molar-refractivity contribution in [1.29, 1.82) is 0 Å². The summed E-state index contributed by atoms with van der Waals surface area (Å²) in [5.74, 6) is -0.579. The zero-order chi connectivity index (χ0) is 14.8. The molecule has 0 aliphatic rings. The molecule has 0 saturated heterocycles. The van der Waals surface area contributed by atoms with E-state index in [4.69, 9.17) is 11.6 Å². The smallest absolute Gasteiger partial charge is 0.212 e. The molecule has 1 N–H and O–H groups in total. The fraction of sp³-hybridized carbons (Fsp3) is 0.154. The molecular weight excluding hydrogens is 303 g/mol. The average molecular weight is 315 g/mol. The normalized spacial score (nSPS) is 11.3. The molecule has 2 rings (SSSR count). The second-order valence-corrected chi connectivity index (χ2v) is 6.60. The number of hydrogen-bond acceptors (Lipinski definition) is 4. The van der Waals surface area contributed by atoms with Crippen LogP contribution >= 0.6 is 11.6 Å². The van der Waals surface area contributed by atoms with E-state index in [9.17, 15) is 12.8 Å². The standard InChI is InChI=1S/C13H12ClFN2O2S/c1-20(18,19)12-4-2-3-11(14)10(12)8-16-9-5-6-13(15)17-7-9/h2-7,16H,8H2,1H3. The van der Waals surface area contributed by atoms with Gasteiger partial charge in [-0.2, -0.15) is 4.39 Å². The van der Waals surface area contributed by atoms with Crippen LogP contribution in [0, 0.1) is 5.95 Å². The van der Waals surface area contributed by atoms with E-state index in [-0.39, 0.29) is 11.4 Å². The van der Waals surface area contributed by atoms with E-state index in [1.54, 1.807) is 12.1 Å². The van der Waals surface area contributed by atoms with E-state index in [0.29, 0.717) is 16.3 Å². The monoisotopic (exact) mass is 314 g/mol. The van der Waals surface area contributed by atoms with Crippen LogP contribution < -0.4 is 5.32 Å². The van der Waals surface area contributed by atoms with Crippen molar-refractivity contribution in [2.24, 2.45) is 0 Å². The maximum atomic E-state index is 12.7. The first-order valence-corrected chi connectivity index (χ1v) is 7.98. The van der Waals surface area contributed by atoms with Crippen molar-refractivity contribution in [3.8, 4) is 0 Å². The van der Waals surface area contributed by atoms with Crippen molar-refractivity contribution in [2.75, 3.05) is 11.6 Å². The Hall–Kier alpha value is -1.66. The van der Waals surface area contributed by atoms with Gasteiger partial charge in [0.15, 0.2) is 9.84 Å². The molecule has 0 aliphatic heterocycles. The van der Waals surface area contributed by atoms with Crippen molar-refractivity contribution < 1.29 is 12.8 Å². The number of benzene rings is 1. The van der Waals surface area contributed by atoms with Crippen molar-refractivity contribution in [3.63, 3.8) is 0 Å². The lowest BCUT2D eigenvalue weighted by Crippen LogP contribution is -2.08. The van der Waals surface area contributed by atoms with E-state index in [1.807, 2.05) is 0 Å². The van der Waals surface area contributed by atoms with Crippen molar-refractivity contribution in [3.05, 3.63) is 53.1 Å². The predicted octanol–water partition coefficient (Wildman–Crippen LogP) is 2.89. The highest BCUT2D eigenvalue weighted by atomic mass is 35.5. The summed E-state index contributed by atoms with van der Waals surface area (Å²) < 4.78 is 36.1. The lowest BCUT2D eigenvalue weighted by molar-refractivity contribution is 0.584. The third-order valence-electron chi connectivity index (χ3n) is 2.67. The van der Waals surface area contributed by atoms with Gasteiger partial charge in [-0.15, -0.1) is 0 Å². The SMILES string of the molecule is CS(=O)(=O)c1cccc(Cl)c1CNc1ccc(F)nc1. The average Bonchev–Trinajstić information content (AvgIpc) is 2.38. The number of nitrogens with zero attached hydrogens (tertiary/aromatic N) is 1. The molecule has 0 spiro atoms. The van der Waals surface area contributed by atoms with E-state index in [1.165, 1.54) is 24.4 Å². The Balaban J connectivity index is 2.27. The van der Waals surface area contributed by atoms with Crippen LogP contribution in [0.3, 0.4) is 0 Å². The Morgan fingerprint density at radius 2 is 2.05 bits per heavy atom. The number of pyridine rings is 1. The molecule has 0 radical (unpaired) electrons. The minimum Gasteiger partial charge on any atom is -0.380 e. The molecule has 0 amide bonds. The van der Waals surface area contributed by atoms with Gasteiger partial charge in [-0.05, 0) is 24.3 Å². The van der Waals surface area contributed by atoms with Crippen LogP contribution in [0.15, 0.2) is 41.4 Å². The molecule has 1 aromatic heterocycles. The van der Waals surface area contributed by atoms with Crippen LogP contribution in [-0.4, -0.2) is 19.7 Å². The lowest BCUT2D eigenvalue weighted by Gasteiger charge is -2.11. The van der Waals surface area contributed by atoms with Gasteiger partial charge in [0.25, 0.3) is 0 Å². The molecule has 0 aliphatic carbocycles. The predicted molar refractivity (Wildman–Crippen MR) is 76.1 cm³/mol. The summed E-state index contributed by atoms with van der Waals surface area (Å²) >= 11 is 6.05. The fourth-order valence-electron chi connectivity index (χ4n) is 1.73. The summed E-state index contributed by atoms with van der Waals surface area (Å²) in [5.41, 5.74) is 1.05. The Morgan fingerprint density at radius 3 is 2.65 bits per heavy atom. The lowest BCUT2D eigenvalue weighted by atomic mass is 10.2. The van der Waals surface area contributed by atoms with Crippen LogP contribution in [0.5, 0.6) is 0 Å². The molecule has 20 heavy (non-hydrogen) atoms. The van der Waals surface area contributed by atoms with E-state index in [2.05, 4.69) is 10.3 Å². The molecule has 1 heterocycles. The van der Waals surface area contributed by atoms with Crippen LogP contribution in [-0.2, 0) is 16.4 Å². The zero-order valence-electron chi connectivity index (χ0n) is 10.6. The topological polar surface area (TPSA) is 59.1 Å². The van der Waals surface area contributed by atoms with Crippen molar-refractivity contribution in [1.82, 2.24) is 4.98 Å². The van der Waals surface area contributed by atoms with E-state index in [0.717, 1.165) is 6.26 Å². The second kappa shape index (κ2) is 5.76. The molecule has 2 aromatic rings. The molecule has 7 heteroatoms. The third-order valence-corrected chi connectivity index (χ3v) is 4.21. The first kappa shape index (κ1) is 14.7. The van der Waals surface area contributed by atoms with E-state index >= 15 is 0 Å². The number of halogens is 2. The zero-order valence-corrected chi connectivity index (χ0v) is 12.2. The van der Waals surface area contributed by atoms with Crippen molar-refractivity contribution in [2.45, 2.75) is 11.4 Å². The maximum Gasteiger partial charge on any atom is 0.212 e. The van der Waals surface area contributed by atoms with Gasteiger partial charge in [-0.1, -0.05) is 17.7 Å². The molecule has 4 nitrogen and oxygen atoms in total. The highest BCUT2D eigenvalue weighted by Crippen LogP contribution is 2.25. The molecule has 0 fully saturated rings. The summed E-state index contributed by atoms with van der Waals surface area (Å²) in [7, 11) is -3.37. The number of hydrogen-bond donors (Lipinski definition) is 1. The Morgan fingerprint density at radius 1 is 1.30 bits per heavy atom. The largest absolute Gasteiger partial charge is 0.380 e. The van der Waals surface area contributed by atoms with Gasteiger partial charge < -0.3 is 5.32 Å². The molecule has 106 valence electrons. The van der Waals surface area contributed by atoms with Gasteiger partial charge in [0.05, 0.1) is 16.8 Å². The quantitative estimate of drug-likeness (QED) is 0.882. The van der Waals surface area contributed by atoms with Gasteiger partial charge in [0, 0.05) is 23.4 Å². The molecule has 0 saturated carbocycles. The summed E-state index contributed by atoms with van der Waals surface area (Å²) in [4.78, 5) is 3.68. The van der Waals surface area contributed by atoms with Gasteiger partial charge in [-0.3, -0.25) is 0 Å². The summed E-state index contributed by atoms with van der Waals surface area (Å²) in [6, 6.07) is 7.44. The Kier molecular flexibility index (Phi) is 4.25. The summed E-state index contributed by atoms with van der Waals surface area (Å²) in [6.07, 6.45) is 2.45. The Labute approximate surface area is 121 Å². The highest BCUT2D eigenvalue weighted by molar-refractivity contribution is 7.90. The Bertz CT molecular complexity index is 718. The van der Waals surface area contributed by atoms with Crippen LogP contribution in [0.1, 0.15) is 5.56 Å². The number of aromatic nitrogens is 1.